The van der Waals surface area contributed by atoms with Crippen LogP contribution < -0.4 is 10.6 Å². The van der Waals surface area contributed by atoms with E-state index in [9.17, 15) is 9.59 Å². The average molecular weight is 392 g/mol. The second-order valence-electron chi connectivity index (χ2n) is 7.18. The predicted molar refractivity (Wildman–Crippen MR) is 108 cm³/mol. The van der Waals surface area contributed by atoms with Crippen LogP contribution in [0, 0.1) is 0 Å². The molecule has 148 valence electrons. The molecule has 0 radical (unpaired) electrons. The summed E-state index contributed by atoms with van der Waals surface area (Å²) in [5.41, 5.74) is 0.524. The fourth-order valence-corrected chi connectivity index (χ4v) is 4.34. The number of rotatable bonds is 7. The van der Waals surface area contributed by atoms with Crippen LogP contribution in [0.15, 0.2) is 18.0 Å². The van der Waals surface area contributed by atoms with Gasteiger partial charge in [-0.1, -0.05) is 25.3 Å². The average Bonchev–Trinajstić information content (AvgIpc) is 3.15. The lowest BCUT2D eigenvalue weighted by Crippen LogP contribution is -2.51. The number of hydrogen-bond acceptors (Lipinski definition) is 6. The summed E-state index contributed by atoms with van der Waals surface area (Å²) in [6.45, 7) is 7.08. The maximum absolute atomic E-state index is 12.7. The molecule has 1 aliphatic heterocycles. The number of hydrogen-bond donors (Lipinski definition) is 2. The van der Waals surface area contributed by atoms with Gasteiger partial charge in [-0.3, -0.25) is 14.5 Å². The molecule has 3 rings (SSSR count). The zero-order valence-corrected chi connectivity index (χ0v) is 16.6. The van der Waals surface area contributed by atoms with Gasteiger partial charge in [0.05, 0.1) is 6.54 Å². The molecule has 1 aromatic heterocycles. The monoisotopic (exact) mass is 391 g/mol. The summed E-state index contributed by atoms with van der Waals surface area (Å²) < 4.78 is 0. The lowest BCUT2D eigenvalue weighted by Gasteiger charge is -2.33. The van der Waals surface area contributed by atoms with Crippen molar-refractivity contribution in [3.63, 3.8) is 0 Å². The van der Waals surface area contributed by atoms with Gasteiger partial charge in [0.1, 0.15) is 5.69 Å². The van der Waals surface area contributed by atoms with E-state index in [4.69, 9.17) is 0 Å². The zero-order chi connectivity index (χ0) is 19.1. The molecular weight excluding hydrogens is 362 g/mol. The largest absolute Gasteiger partial charge is 0.359 e. The predicted octanol–water partition coefficient (Wildman–Crippen LogP) is 1.95. The Morgan fingerprint density at radius 3 is 2.67 bits per heavy atom. The van der Waals surface area contributed by atoms with Gasteiger partial charge < -0.3 is 15.5 Å². The number of carbonyl (C=O) groups is 2. The molecule has 0 unspecified atom stereocenters. The van der Waals surface area contributed by atoms with E-state index in [-0.39, 0.29) is 11.8 Å². The van der Waals surface area contributed by atoms with Crippen molar-refractivity contribution in [2.24, 2.45) is 0 Å². The molecule has 2 aliphatic rings. The van der Waals surface area contributed by atoms with E-state index in [1.54, 1.807) is 6.08 Å². The van der Waals surface area contributed by atoms with Crippen molar-refractivity contribution in [3.05, 3.63) is 23.7 Å². The van der Waals surface area contributed by atoms with E-state index < -0.39 is 0 Å². The summed E-state index contributed by atoms with van der Waals surface area (Å²) in [4.78, 5) is 32.9. The molecule has 0 atom stereocenters. The topological polar surface area (TPSA) is 77.6 Å². The van der Waals surface area contributed by atoms with Gasteiger partial charge in [-0.05, 0) is 12.8 Å². The first-order valence-electron chi connectivity index (χ1n) is 9.77. The van der Waals surface area contributed by atoms with Gasteiger partial charge in [-0.2, -0.15) is 0 Å². The summed E-state index contributed by atoms with van der Waals surface area (Å²) in [7, 11) is 0. The Labute approximate surface area is 164 Å². The molecule has 1 aliphatic carbocycles. The maximum Gasteiger partial charge on any atom is 0.273 e. The van der Waals surface area contributed by atoms with Crippen LogP contribution in [0.5, 0.6) is 0 Å². The molecule has 8 heteroatoms. The SMILES string of the molecule is C=CCNC(=O)CN1CCN(C(=O)c2csc(NC3CCCCC3)n2)CC1. The normalized spacial score (nSPS) is 18.9. The molecule has 1 saturated heterocycles. The second kappa shape index (κ2) is 9.85. The summed E-state index contributed by atoms with van der Waals surface area (Å²) in [5, 5.41) is 8.96. The highest BCUT2D eigenvalue weighted by Gasteiger charge is 2.25. The van der Waals surface area contributed by atoms with E-state index in [0.717, 1.165) is 5.13 Å². The van der Waals surface area contributed by atoms with E-state index in [2.05, 4.69) is 27.1 Å². The summed E-state index contributed by atoms with van der Waals surface area (Å²) in [6, 6.07) is 0.489. The Kier molecular flexibility index (Phi) is 7.23. The molecule has 0 bridgehead atoms. The molecule has 2 heterocycles. The molecule has 2 amide bonds. The minimum atomic E-state index is -0.0151. The van der Waals surface area contributed by atoms with Crippen LogP contribution in [-0.2, 0) is 4.79 Å². The maximum atomic E-state index is 12.7. The van der Waals surface area contributed by atoms with E-state index >= 15 is 0 Å². The Hall–Kier alpha value is -1.93. The van der Waals surface area contributed by atoms with E-state index in [1.807, 2.05) is 10.3 Å². The van der Waals surface area contributed by atoms with Gasteiger partial charge in [-0.15, -0.1) is 17.9 Å². The molecule has 1 aromatic rings. The van der Waals surface area contributed by atoms with Gasteiger partial charge in [0, 0.05) is 44.1 Å². The highest BCUT2D eigenvalue weighted by molar-refractivity contribution is 7.13. The number of amides is 2. The first kappa shape index (κ1) is 19.8. The summed E-state index contributed by atoms with van der Waals surface area (Å²) >= 11 is 1.51. The van der Waals surface area contributed by atoms with E-state index in [1.165, 1.54) is 43.4 Å². The van der Waals surface area contributed by atoms with Crippen LogP contribution in [0.3, 0.4) is 0 Å². The van der Waals surface area contributed by atoms with Crippen molar-refractivity contribution in [2.75, 3.05) is 44.6 Å². The van der Waals surface area contributed by atoms with E-state index in [0.29, 0.717) is 51.0 Å². The third-order valence-corrected chi connectivity index (χ3v) is 5.90. The standard InChI is InChI=1S/C19H29N5O2S/c1-2-8-20-17(25)13-23-9-11-24(12-10-23)18(26)16-14-27-19(22-16)21-15-6-4-3-5-7-15/h2,14-15H,1,3-13H2,(H,20,25)(H,21,22). The number of piperazine rings is 1. The van der Waals surface area contributed by atoms with Crippen LogP contribution in [0.1, 0.15) is 42.6 Å². The van der Waals surface area contributed by atoms with Crippen molar-refractivity contribution >= 4 is 28.3 Å². The van der Waals surface area contributed by atoms with Crippen molar-refractivity contribution in [2.45, 2.75) is 38.1 Å². The van der Waals surface area contributed by atoms with Gasteiger partial charge in [0.2, 0.25) is 5.91 Å². The van der Waals surface area contributed by atoms with Crippen molar-refractivity contribution in [1.29, 1.82) is 0 Å². The van der Waals surface area contributed by atoms with Crippen molar-refractivity contribution in [1.82, 2.24) is 20.1 Å². The highest BCUT2D eigenvalue weighted by atomic mass is 32.1. The smallest absolute Gasteiger partial charge is 0.273 e. The highest BCUT2D eigenvalue weighted by Crippen LogP contribution is 2.24. The lowest BCUT2D eigenvalue weighted by molar-refractivity contribution is -0.122. The van der Waals surface area contributed by atoms with Crippen molar-refractivity contribution < 1.29 is 9.59 Å². The molecule has 27 heavy (non-hydrogen) atoms. The van der Waals surface area contributed by atoms with Gasteiger partial charge in [0.15, 0.2) is 5.13 Å². The molecule has 0 aromatic carbocycles. The van der Waals surface area contributed by atoms with Crippen LogP contribution in [0.2, 0.25) is 0 Å². The molecular formula is C19H29N5O2S. The lowest BCUT2D eigenvalue weighted by atomic mass is 9.96. The fourth-order valence-electron chi connectivity index (χ4n) is 3.58. The number of aromatic nitrogens is 1. The van der Waals surface area contributed by atoms with Crippen LogP contribution in [-0.4, -0.2) is 71.9 Å². The third kappa shape index (κ3) is 5.77. The van der Waals surface area contributed by atoms with Gasteiger partial charge >= 0.3 is 0 Å². The third-order valence-electron chi connectivity index (χ3n) is 5.13. The number of thiazole rings is 1. The van der Waals surface area contributed by atoms with Gasteiger partial charge in [0.25, 0.3) is 5.91 Å². The van der Waals surface area contributed by atoms with Crippen LogP contribution in [0.25, 0.3) is 0 Å². The van der Waals surface area contributed by atoms with Crippen LogP contribution in [0.4, 0.5) is 5.13 Å². The Balaban J connectivity index is 1.45. The quantitative estimate of drug-likeness (QED) is 0.695. The minimum absolute atomic E-state index is 0.00685. The zero-order valence-electron chi connectivity index (χ0n) is 15.8. The number of anilines is 1. The first-order valence-corrected chi connectivity index (χ1v) is 10.6. The fraction of sp³-hybridized carbons (Fsp3) is 0.632. The molecule has 2 fully saturated rings. The van der Waals surface area contributed by atoms with Gasteiger partial charge in [-0.25, -0.2) is 4.98 Å². The summed E-state index contributed by atoms with van der Waals surface area (Å²) in [6.07, 6.45) is 7.90. The first-order chi connectivity index (χ1) is 13.2. The molecule has 7 nitrogen and oxygen atoms in total. The number of nitrogens with zero attached hydrogens (tertiary/aromatic N) is 3. The minimum Gasteiger partial charge on any atom is -0.359 e. The summed E-state index contributed by atoms with van der Waals surface area (Å²) in [5.74, 6) is -0.0219. The molecule has 1 saturated carbocycles. The molecule has 2 N–H and O–H groups in total. The Morgan fingerprint density at radius 2 is 1.96 bits per heavy atom. The molecule has 0 spiro atoms. The number of carbonyl (C=O) groups excluding carboxylic acids is 2. The Bertz CT molecular complexity index is 648. The Morgan fingerprint density at radius 1 is 1.22 bits per heavy atom. The van der Waals surface area contributed by atoms with Crippen LogP contribution >= 0.6 is 11.3 Å². The second-order valence-corrected chi connectivity index (χ2v) is 8.04. The number of nitrogens with one attached hydrogen (secondary N) is 2. The van der Waals surface area contributed by atoms with Crippen molar-refractivity contribution in [3.8, 4) is 0 Å².